The van der Waals surface area contributed by atoms with E-state index >= 15 is 0 Å². The largest absolute Gasteiger partial charge is 0.372 e. The zero-order valence-electron chi connectivity index (χ0n) is 6.93. The van der Waals surface area contributed by atoms with Crippen LogP contribution in [0.3, 0.4) is 0 Å². The zero-order chi connectivity index (χ0) is 7.03. The Morgan fingerprint density at radius 1 is 1.45 bits per heavy atom. The van der Waals surface area contributed by atoms with E-state index in [4.69, 9.17) is 4.74 Å². The van der Waals surface area contributed by atoms with Gasteiger partial charge >= 0.3 is 0 Å². The predicted octanol–water partition coefficient (Wildman–Crippen LogP) is 1.20. The molecule has 66 valence electrons. The minimum absolute atomic E-state index is 0. The van der Waals surface area contributed by atoms with Gasteiger partial charge in [0.1, 0.15) is 0 Å². The summed E-state index contributed by atoms with van der Waals surface area (Å²) in [5.41, 5.74) is 0.270. The first-order valence-corrected chi connectivity index (χ1v) is 4.15. The minimum atomic E-state index is 0. The van der Waals surface area contributed by atoms with Crippen molar-refractivity contribution in [3.05, 3.63) is 0 Å². The quantitative estimate of drug-likeness (QED) is 0.601. The molecule has 0 saturated carbocycles. The van der Waals surface area contributed by atoms with Gasteiger partial charge in [0.05, 0.1) is 12.2 Å². The maximum absolute atomic E-state index is 5.75. The lowest BCUT2D eigenvalue weighted by Crippen LogP contribution is -2.62. The lowest BCUT2D eigenvalue weighted by atomic mass is 9.85. The average Bonchev–Trinajstić information content (AvgIpc) is 1.86. The van der Waals surface area contributed by atoms with Gasteiger partial charge in [0.15, 0.2) is 0 Å². The van der Waals surface area contributed by atoms with Gasteiger partial charge < -0.3 is 10.1 Å². The topological polar surface area (TPSA) is 21.3 Å². The molecule has 1 atom stereocenters. The Morgan fingerprint density at radius 2 is 2.18 bits per heavy atom. The molecule has 0 radical (unpaired) electrons. The summed E-state index contributed by atoms with van der Waals surface area (Å²) in [6.45, 7) is 5.40. The molecule has 0 amide bonds. The van der Waals surface area contributed by atoms with Crippen molar-refractivity contribution >= 4 is 12.4 Å². The summed E-state index contributed by atoms with van der Waals surface area (Å²) in [6.07, 6.45) is 2.61. The van der Waals surface area contributed by atoms with Gasteiger partial charge in [-0.2, -0.15) is 0 Å². The van der Waals surface area contributed by atoms with E-state index in [0.29, 0.717) is 0 Å². The van der Waals surface area contributed by atoms with Crippen molar-refractivity contribution in [3.63, 3.8) is 0 Å². The van der Waals surface area contributed by atoms with Crippen molar-refractivity contribution < 1.29 is 4.74 Å². The van der Waals surface area contributed by atoms with Crippen LogP contribution in [-0.4, -0.2) is 25.3 Å². The molecule has 0 bridgehead atoms. The molecule has 2 aliphatic heterocycles. The van der Waals surface area contributed by atoms with E-state index in [0.717, 1.165) is 25.6 Å². The number of hydrogen-bond acceptors (Lipinski definition) is 2. The first kappa shape index (κ1) is 9.30. The van der Waals surface area contributed by atoms with Gasteiger partial charge in [-0.3, -0.25) is 0 Å². The molecule has 1 spiro atoms. The summed E-state index contributed by atoms with van der Waals surface area (Å²) >= 11 is 0. The Bertz CT molecular complexity index is 126. The highest BCUT2D eigenvalue weighted by Gasteiger charge is 2.40. The van der Waals surface area contributed by atoms with Crippen LogP contribution in [0, 0.1) is 5.92 Å². The smallest absolute Gasteiger partial charge is 0.0930 e. The summed E-state index contributed by atoms with van der Waals surface area (Å²) in [4.78, 5) is 0. The van der Waals surface area contributed by atoms with Gasteiger partial charge in [0.2, 0.25) is 0 Å². The van der Waals surface area contributed by atoms with E-state index in [1.54, 1.807) is 0 Å². The van der Waals surface area contributed by atoms with Crippen LogP contribution in [0.1, 0.15) is 19.8 Å². The van der Waals surface area contributed by atoms with Crippen molar-refractivity contribution in [2.75, 3.05) is 19.7 Å². The highest BCUT2D eigenvalue weighted by molar-refractivity contribution is 5.85. The van der Waals surface area contributed by atoms with Gasteiger partial charge in [-0.15, -0.1) is 12.4 Å². The fourth-order valence-corrected chi connectivity index (χ4v) is 1.67. The molecular formula is C8H16ClNO. The van der Waals surface area contributed by atoms with Gasteiger partial charge in [-0.1, -0.05) is 6.92 Å². The van der Waals surface area contributed by atoms with Crippen LogP contribution < -0.4 is 5.32 Å². The molecule has 2 rings (SSSR count). The fourth-order valence-electron chi connectivity index (χ4n) is 1.67. The zero-order valence-corrected chi connectivity index (χ0v) is 7.75. The lowest BCUT2D eigenvalue weighted by Gasteiger charge is -2.46. The fraction of sp³-hybridized carbons (Fsp3) is 1.00. The molecule has 0 aromatic rings. The maximum atomic E-state index is 5.75. The van der Waals surface area contributed by atoms with Crippen molar-refractivity contribution in [3.8, 4) is 0 Å². The molecule has 2 aliphatic rings. The predicted molar refractivity (Wildman–Crippen MR) is 47.2 cm³/mol. The van der Waals surface area contributed by atoms with E-state index in [9.17, 15) is 0 Å². The second-order valence-corrected chi connectivity index (χ2v) is 3.74. The van der Waals surface area contributed by atoms with Crippen molar-refractivity contribution in [2.45, 2.75) is 25.4 Å². The second-order valence-electron chi connectivity index (χ2n) is 3.74. The lowest BCUT2D eigenvalue weighted by molar-refractivity contribution is -0.125. The van der Waals surface area contributed by atoms with Crippen LogP contribution in [0.25, 0.3) is 0 Å². The molecule has 2 fully saturated rings. The van der Waals surface area contributed by atoms with Crippen molar-refractivity contribution in [1.29, 1.82) is 0 Å². The van der Waals surface area contributed by atoms with E-state index in [1.165, 1.54) is 12.8 Å². The summed E-state index contributed by atoms with van der Waals surface area (Å²) in [5, 5.41) is 3.26. The minimum Gasteiger partial charge on any atom is -0.372 e. The van der Waals surface area contributed by atoms with Crippen LogP contribution in [0.15, 0.2) is 0 Å². The molecule has 1 unspecified atom stereocenters. The normalized spacial score (nSPS) is 34.1. The third kappa shape index (κ3) is 1.68. The Balaban J connectivity index is 0.000000605. The third-order valence-electron chi connectivity index (χ3n) is 2.66. The highest BCUT2D eigenvalue weighted by Crippen LogP contribution is 2.30. The van der Waals surface area contributed by atoms with Crippen molar-refractivity contribution in [2.24, 2.45) is 5.92 Å². The second kappa shape index (κ2) is 3.30. The van der Waals surface area contributed by atoms with Gasteiger partial charge in [0, 0.05) is 13.1 Å². The van der Waals surface area contributed by atoms with Gasteiger partial charge in [-0.25, -0.2) is 0 Å². The summed E-state index contributed by atoms with van der Waals surface area (Å²) in [7, 11) is 0. The molecule has 11 heavy (non-hydrogen) atoms. The highest BCUT2D eigenvalue weighted by atomic mass is 35.5. The molecule has 2 heterocycles. The first-order chi connectivity index (χ1) is 4.81. The molecule has 0 aromatic carbocycles. The van der Waals surface area contributed by atoms with Crippen LogP contribution >= 0.6 is 12.4 Å². The number of hydrogen-bond donors (Lipinski definition) is 1. The SMILES string of the molecule is CC1CCC2(CNC2)OC1.Cl. The number of ether oxygens (including phenoxy) is 1. The Morgan fingerprint density at radius 3 is 2.55 bits per heavy atom. The number of nitrogens with one attached hydrogen (secondary N) is 1. The van der Waals surface area contributed by atoms with Crippen LogP contribution in [0.2, 0.25) is 0 Å². The molecule has 0 aliphatic carbocycles. The van der Waals surface area contributed by atoms with E-state index < -0.39 is 0 Å². The monoisotopic (exact) mass is 177 g/mol. The number of halogens is 1. The van der Waals surface area contributed by atoms with E-state index in [1.807, 2.05) is 0 Å². The van der Waals surface area contributed by atoms with Crippen LogP contribution in [0.4, 0.5) is 0 Å². The van der Waals surface area contributed by atoms with Gasteiger partial charge in [0.25, 0.3) is 0 Å². The van der Waals surface area contributed by atoms with E-state index in [2.05, 4.69) is 12.2 Å². The molecular weight excluding hydrogens is 162 g/mol. The molecule has 3 heteroatoms. The Labute approximate surface area is 74.1 Å². The van der Waals surface area contributed by atoms with Crippen LogP contribution in [0.5, 0.6) is 0 Å². The number of rotatable bonds is 0. The standard InChI is InChI=1S/C8H15NO.ClH/c1-7-2-3-8(10-4-7)5-9-6-8;/h7,9H,2-6H2,1H3;1H. The summed E-state index contributed by atoms with van der Waals surface area (Å²) in [5.74, 6) is 0.784. The molecule has 2 saturated heterocycles. The average molecular weight is 178 g/mol. The van der Waals surface area contributed by atoms with Gasteiger partial charge in [-0.05, 0) is 18.8 Å². The summed E-state index contributed by atoms with van der Waals surface area (Å²) < 4.78 is 5.75. The third-order valence-corrected chi connectivity index (χ3v) is 2.66. The molecule has 0 aromatic heterocycles. The van der Waals surface area contributed by atoms with E-state index in [-0.39, 0.29) is 18.0 Å². The Hall–Kier alpha value is 0.210. The first-order valence-electron chi connectivity index (χ1n) is 4.15. The Kier molecular flexibility index (Phi) is 2.79. The van der Waals surface area contributed by atoms with Crippen LogP contribution in [-0.2, 0) is 4.74 Å². The van der Waals surface area contributed by atoms with Crippen molar-refractivity contribution in [1.82, 2.24) is 5.32 Å². The maximum Gasteiger partial charge on any atom is 0.0930 e. The summed E-state index contributed by atoms with van der Waals surface area (Å²) in [6, 6.07) is 0. The molecule has 1 N–H and O–H groups in total. The molecule has 2 nitrogen and oxygen atoms in total.